The molecular formula is C18H17Cl2FN4O5S. The second-order valence-electron chi connectivity index (χ2n) is 6.14. The average Bonchev–Trinajstić information content (AvgIpc) is 2.78. The molecule has 3 aromatic rings. The first-order chi connectivity index (χ1) is 14.6. The molecule has 0 saturated carbocycles. The summed E-state index contributed by atoms with van der Waals surface area (Å²) in [5.74, 6) is 0.0865. The molecule has 166 valence electrons. The van der Waals surface area contributed by atoms with Crippen LogP contribution in [-0.2, 0) is 10.0 Å². The van der Waals surface area contributed by atoms with Crippen molar-refractivity contribution in [1.29, 1.82) is 0 Å². The molecule has 0 aliphatic rings. The Labute approximate surface area is 187 Å². The lowest BCUT2D eigenvalue weighted by Crippen LogP contribution is -2.28. The summed E-state index contributed by atoms with van der Waals surface area (Å²) in [7, 11) is -0.650. The second-order valence-corrected chi connectivity index (χ2v) is 8.98. The minimum Gasteiger partial charge on any atom is -0.481 e. The Kier molecular flexibility index (Phi) is 6.58. The Bertz CT molecular complexity index is 1250. The largest absolute Gasteiger partial charge is 0.481 e. The fourth-order valence-electron chi connectivity index (χ4n) is 2.71. The summed E-state index contributed by atoms with van der Waals surface area (Å²) >= 11 is 12.3. The predicted molar refractivity (Wildman–Crippen MR) is 114 cm³/mol. The molecule has 2 aromatic heterocycles. The van der Waals surface area contributed by atoms with Crippen LogP contribution in [0.5, 0.6) is 17.6 Å². The highest BCUT2D eigenvalue weighted by Crippen LogP contribution is 2.43. The van der Waals surface area contributed by atoms with E-state index in [2.05, 4.69) is 15.0 Å². The number of rotatable bonds is 7. The summed E-state index contributed by atoms with van der Waals surface area (Å²) in [5.41, 5.74) is -0.682. The van der Waals surface area contributed by atoms with Gasteiger partial charge in [-0.05, 0) is 19.1 Å². The molecule has 13 heteroatoms. The van der Waals surface area contributed by atoms with E-state index in [1.165, 1.54) is 46.5 Å². The molecule has 0 aliphatic carbocycles. The van der Waals surface area contributed by atoms with Crippen LogP contribution in [0, 0.1) is 0 Å². The van der Waals surface area contributed by atoms with Gasteiger partial charge < -0.3 is 14.2 Å². The molecule has 0 N–H and O–H groups in total. The first-order valence-corrected chi connectivity index (χ1v) is 10.9. The monoisotopic (exact) mass is 490 g/mol. The fourth-order valence-corrected chi connectivity index (χ4v) is 4.32. The molecule has 1 atom stereocenters. The summed E-state index contributed by atoms with van der Waals surface area (Å²) in [5, 5.41) is -1.89. The van der Waals surface area contributed by atoms with E-state index in [1.807, 2.05) is 0 Å². The van der Waals surface area contributed by atoms with Gasteiger partial charge in [-0.1, -0.05) is 38.3 Å². The number of sulfonamides is 1. The molecule has 3 rings (SSSR count). The lowest BCUT2D eigenvalue weighted by molar-refractivity contribution is 0.334. The Morgan fingerprint density at radius 3 is 2.29 bits per heavy atom. The summed E-state index contributed by atoms with van der Waals surface area (Å²) in [6.07, 6.45) is 0. The van der Waals surface area contributed by atoms with Gasteiger partial charge in [0.2, 0.25) is 5.88 Å². The maximum atomic E-state index is 15.5. The number of nitrogens with zero attached hydrogens (tertiary/aromatic N) is 4. The van der Waals surface area contributed by atoms with Gasteiger partial charge in [-0.15, -0.1) is 0 Å². The topological polar surface area (TPSA) is 104 Å². The van der Waals surface area contributed by atoms with Gasteiger partial charge in [0.15, 0.2) is 0 Å². The number of fused-ring (bicyclic) bond motifs is 1. The van der Waals surface area contributed by atoms with Gasteiger partial charge in [-0.2, -0.15) is 0 Å². The van der Waals surface area contributed by atoms with Crippen molar-refractivity contribution in [3.8, 4) is 17.6 Å². The zero-order chi connectivity index (χ0) is 22.9. The third kappa shape index (κ3) is 4.12. The number of ether oxygens (including phenoxy) is 3. The maximum absolute atomic E-state index is 15.5. The molecule has 2 heterocycles. The van der Waals surface area contributed by atoms with Gasteiger partial charge in [-0.3, -0.25) is 0 Å². The number of halogens is 3. The number of aromatic nitrogens is 3. The number of hydrogen-bond acceptors (Lipinski definition) is 8. The third-order valence-corrected chi connectivity index (χ3v) is 6.91. The van der Waals surface area contributed by atoms with E-state index < -0.39 is 25.5 Å². The highest BCUT2D eigenvalue weighted by atomic mass is 35.5. The molecule has 0 radical (unpaired) electrons. The minimum absolute atomic E-state index is 0.00144. The third-order valence-electron chi connectivity index (χ3n) is 4.37. The van der Waals surface area contributed by atoms with Crippen molar-refractivity contribution < 1.29 is 27.1 Å². The highest BCUT2D eigenvalue weighted by Gasteiger charge is 2.36. The standard InChI is InChI=1S/C18H17Cl2FN4O5S/c1-9(11-6-5-7-13(22-11)28-2)31(26,27)25(21)16-14(20)10(19)8-12-15(16)24-18(30-4)17(23-12)29-3/h5-9H,1-4H3. The van der Waals surface area contributed by atoms with Crippen LogP contribution in [0.1, 0.15) is 17.9 Å². The van der Waals surface area contributed by atoms with Gasteiger partial charge >= 0.3 is 0 Å². The van der Waals surface area contributed by atoms with Gasteiger partial charge in [0, 0.05) is 6.07 Å². The first-order valence-electron chi connectivity index (χ1n) is 8.64. The zero-order valence-electron chi connectivity index (χ0n) is 16.8. The fraction of sp³-hybridized carbons (Fsp3) is 0.278. The van der Waals surface area contributed by atoms with Crippen LogP contribution in [0.15, 0.2) is 24.3 Å². The van der Waals surface area contributed by atoms with E-state index in [1.54, 1.807) is 6.07 Å². The zero-order valence-corrected chi connectivity index (χ0v) is 19.1. The molecule has 31 heavy (non-hydrogen) atoms. The van der Waals surface area contributed by atoms with Gasteiger partial charge in [-0.25, -0.2) is 23.4 Å². The molecule has 9 nitrogen and oxygen atoms in total. The Morgan fingerprint density at radius 1 is 1.03 bits per heavy atom. The van der Waals surface area contributed by atoms with Crippen LogP contribution >= 0.6 is 23.2 Å². The predicted octanol–water partition coefficient (Wildman–Crippen LogP) is 4.14. The van der Waals surface area contributed by atoms with Crippen LogP contribution in [0.2, 0.25) is 10.0 Å². The van der Waals surface area contributed by atoms with Crippen molar-refractivity contribution in [1.82, 2.24) is 15.0 Å². The van der Waals surface area contributed by atoms with E-state index in [-0.39, 0.29) is 44.4 Å². The number of pyridine rings is 1. The summed E-state index contributed by atoms with van der Waals surface area (Å²) in [6.45, 7) is 1.28. The van der Waals surface area contributed by atoms with Gasteiger partial charge in [0.1, 0.15) is 16.5 Å². The summed E-state index contributed by atoms with van der Waals surface area (Å²) in [6, 6.07) is 5.82. The first kappa shape index (κ1) is 23.0. The van der Waals surface area contributed by atoms with E-state index in [0.29, 0.717) is 0 Å². The van der Waals surface area contributed by atoms with E-state index in [9.17, 15) is 8.42 Å². The minimum atomic E-state index is -4.67. The van der Waals surface area contributed by atoms with Crippen LogP contribution < -0.4 is 18.7 Å². The maximum Gasteiger partial charge on any atom is 0.278 e. The van der Waals surface area contributed by atoms with Crippen LogP contribution in [0.4, 0.5) is 10.2 Å². The molecular weight excluding hydrogens is 474 g/mol. The second kappa shape index (κ2) is 8.85. The van der Waals surface area contributed by atoms with Crippen molar-refractivity contribution in [3.05, 3.63) is 40.0 Å². The van der Waals surface area contributed by atoms with Gasteiger partial charge in [0.25, 0.3) is 21.8 Å². The lowest BCUT2D eigenvalue weighted by Gasteiger charge is -2.21. The molecule has 1 unspecified atom stereocenters. The lowest BCUT2D eigenvalue weighted by atomic mass is 10.2. The van der Waals surface area contributed by atoms with Crippen molar-refractivity contribution in [2.45, 2.75) is 12.2 Å². The van der Waals surface area contributed by atoms with E-state index in [0.717, 1.165) is 0 Å². The van der Waals surface area contributed by atoms with Gasteiger partial charge in [0.05, 0.1) is 42.6 Å². The highest BCUT2D eigenvalue weighted by molar-refractivity contribution is 7.92. The number of hydrogen-bond donors (Lipinski definition) is 0. The van der Waals surface area contributed by atoms with Crippen molar-refractivity contribution >= 4 is 49.9 Å². The van der Waals surface area contributed by atoms with Crippen LogP contribution in [-0.4, -0.2) is 44.7 Å². The quantitative estimate of drug-likeness (QED) is 0.455. The summed E-state index contributed by atoms with van der Waals surface area (Å²) < 4.78 is 56.4. The Morgan fingerprint density at radius 2 is 1.68 bits per heavy atom. The SMILES string of the molecule is COc1cccc(C(C)S(=O)(=O)N(F)c2c(Cl)c(Cl)cc3nc(OC)c(OC)nc23)n1. The van der Waals surface area contributed by atoms with Crippen molar-refractivity contribution in [2.75, 3.05) is 25.9 Å². The smallest absolute Gasteiger partial charge is 0.278 e. The van der Waals surface area contributed by atoms with Crippen molar-refractivity contribution in [2.24, 2.45) is 0 Å². The molecule has 0 saturated heterocycles. The van der Waals surface area contributed by atoms with Crippen molar-refractivity contribution in [3.63, 3.8) is 0 Å². The Balaban J connectivity index is 2.20. The summed E-state index contributed by atoms with van der Waals surface area (Å²) in [4.78, 5) is 12.3. The van der Waals surface area contributed by atoms with Crippen LogP contribution in [0.25, 0.3) is 11.0 Å². The number of methoxy groups -OCH3 is 3. The average molecular weight is 491 g/mol. The van der Waals surface area contributed by atoms with E-state index >= 15 is 4.48 Å². The number of anilines is 1. The molecule has 0 fully saturated rings. The molecule has 0 bridgehead atoms. The molecule has 1 aromatic carbocycles. The number of benzene rings is 1. The van der Waals surface area contributed by atoms with Crippen LogP contribution in [0.3, 0.4) is 0 Å². The molecule has 0 spiro atoms. The molecule has 0 amide bonds. The molecule has 0 aliphatic heterocycles. The van der Waals surface area contributed by atoms with E-state index in [4.69, 9.17) is 37.4 Å². The Hall–Kier alpha value is -2.63. The normalized spacial score (nSPS) is 12.5.